The monoisotopic (exact) mass is 366 g/mol. The lowest BCUT2D eigenvalue weighted by Gasteiger charge is -2.54. The van der Waals surface area contributed by atoms with Crippen molar-refractivity contribution >= 4 is 28.5 Å². The van der Waals surface area contributed by atoms with Crippen LogP contribution in [0.15, 0.2) is 0 Å². The Morgan fingerprint density at radius 1 is 1.26 bits per heavy atom. The number of hydrogen-bond acceptors (Lipinski definition) is 5. The lowest BCUT2D eigenvalue weighted by molar-refractivity contribution is -0.0342. The molecule has 1 spiro atoms. The third-order valence-electron chi connectivity index (χ3n) is 5.47. The minimum atomic E-state index is -3.60. The maximum atomic E-state index is 12.0. The molecule has 4 N–H and O–H groups in total. The van der Waals surface area contributed by atoms with E-state index in [9.17, 15) is 13.2 Å². The molecule has 2 heterocycles. The van der Waals surface area contributed by atoms with Crippen molar-refractivity contribution < 1.29 is 13.2 Å². The van der Waals surface area contributed by atoms with Gasteiger partial charge in [0.15, 0.2) is 0 Å². The van der Waals surface area contributed by atoms with Gasteiger partial charge in [0, 0.05) is 19.6 Å². The Morgan fingerprint density at radius 3 is 2.43 bits per heavy atom. The molecule has 3 fully saturated rings. The van der Waals surface area contributed by atoms with E-state index in [1.54, 1.807) is 0 Å². The van der Waals surface area contributed by atoms with E-state index in [2.05, 4.69) is 10.2 Å². The zero-order valence-electron chi connectivity index (χ0n) is 13.3. The summed E-state index contributed by atoms with van der Waals surface area (Å²) in [6.07, 6.45) is 4.37. The molecule has 0 unspecified atom stereocenters. The minimum absolute atomic E-state index is 0. The number of halogens is 1. The van der Waals surface area contributed by atoms with Crippen LogP contribution in [0.4, 0.5) is 4.79 Å². The fourth-order valence-corrected chi connectivity index (χ4v) is 5.62. The van der Waals surface area contributed by atoms with Crippen LogP contribution < -0.4 is 15.8 Å². The molecular formula is C14H27ClN4O3S. The Balaban J connectivity index is 0.00000192. The van der Waals surface area contributed by atoms with Gasteiger partial charge in [-0.3, -0.25) is 0 Å². The third-order valence-corrected chi connectivity index (χ3v) is 7.31. The number of sulfonamides is 1. The topological polar surface area (TPSA) is 105 Å². The largest absolute Gasteiger partial charge is 0.351 e. The number of primary amides is 1. The highest BCUT2D eigenvalue weighted by atomic mass is 35.5. The standard InChI is InChI=1S/C14H26N4O3S.ClH/c15-13(19)17-22(20,21)12-1-4-14(5-2-12)9-18(10-14)8-11-3-6-16-7-11;/h11-12,16H,1-10H2,(H3,15,17,19);1H/t11-;/m1./s1. The maximum Gasteiger partial charge on any atom is 0.325 e. The van der Waals surface area contributed by atoms with Crippen molar-refractivity contribution in [3.05, 3.63) is 0 Å². The smallest absolute Gasteiger partial charge is 0.325 e. The molecule has 134 valence electrons. The number of urea groups is 1. The number of likely N-dealkylation sites (tertiary alicyclic amines) is 1. The second-order valence-electron chi connectivity index (χ2n) is 7.24. The summed E-state index contributed by atoms with van der Waals surface area (Å²) in [6, 6.07) is -0.986. The van der Waals surface area contributed by atoms with Crippen LogP contribution in [-0.4, -0.2) is 57.3 Å². The van der Waals surface area contributed by atoms with Crippen LogP contribution in [0.3, 0.4) is 0 Å². The number of carbonyl (C=O) groups excluding carboxylic acids is 1. The number of nitrogens with two attached hydrogens (primary N) is 1. The van der Waals surface area contributed by atoms with Crippen LogP contribution >= 0.6 is 12.4 Å². The second kappa shape index (κ2) is 7.13. The summed E-state index contributed by atoms with van der Waals surface area (Å²) in [7, 11) is -3.60. The van der Waals surface area contributed by atoms with Crippen molar-refractivity contribution in [1.29, 1.82) is 0 Å². The summed E-state index contributed by atoms with van der Waals surface area (Å²) in [6.45, 7) is 5.62. The first kappa shape index (κ1) is 18.8. The summed E-state index contributed by atoms with van der Waals surface area (Å²) in [4.78, 5) is 13.3. The predicted octanol–water partition coefficient (Wildman–Crippen LogP) is 0.260. The maximum absolute atomic E-state index is 12.0. The predicted molar refractivity (Wildman–Crippen MR) is 91.0 cm³/mol. The van der Waals surface area contributed by atoms with Crippen molar-refractivity contribution in [3.63, 3.8) is 0 Å². The van der Waals surface area contributed by atoms with E-state index in [0.717, 1.165) is 44.9 Å². The number of amides is 2. The van der Waals surface area contributed by atoms with Gasteiger partial charge in [0.05, 0.1) is 5.25 Å². The second-order valence-corrected chi connectivity index (χ2v) is 9.20. The minimum Gasteiger partial charge on any atom is -0.351 e. The van der Waals surface area contributed by atoms with Gasteiger partial charge in [-0.2, -0.15) is 0 Å². The molecule has 3 rings (SSSR count). The van der Waals surface area contributed by atoms with E-state index < -0.39 is 21.3 Å². The first-order valence-electron chi connectivity index (χ1n) is 8.13. The molecule has 1 atom stereocenters. The van der Waals surface area contributed by atoms with Crippen molar-refractivity contribution in [1.82, 2.24) is 14.9 Å². The number of rotatable bonds is 4. The van der Waals surface area contributed by atoms with Gasteiger partial charge in [0.1, 0.15) is 0 Å². The van der Waals surface area contributed by atoms with Gasteiger partial charge in [0.2, 0.25) is 10.0 Å². The Kier molecular flexibility index (Phi) is 5.81. The van der Waals surface area contributed by atoms with Gasteiger partial charge < -0.3 is 16.0 Å². The fraction of sp³-hybridized carbons (Fsp3) is 0.929. The van der Waals surface area contributed by atoms with Gasteiger partial charge in [-0.1, -0.05) is 0 Å². The number of nitrogens with one attached hydrogen (secondary N) is 2. The van der Waals surface area contributed by atoms with Gasteiger partial charge >= 0.3 is 6.03 Å². The molecule has 0 bridgehead atoms. The lowest BCUT2D eigenvalue weighted by atomic mass is 9.68. The number of nitrogens with zero attached hydrogens (tertiary/aromatic N) is 1. The third kappa shape index (κ3) is 4.29. The molecule has 7 nitrogen and oxygen atoms in total. The van der Waals surface area contributed by atoms with Crippen LogP contribution in [0, 0.1) is 11.3 Å². The van der Waals surface area contributed by atoms with Crippen LogP contribution in [0.5, 0.6) is 0 Å². The van der Waals surface area contributed by atoms with Crippen molar-refractivity contribution in [2.45, 2.75) is 37.4 Å². The SMILES string of the molecule is Cl.NC(=O)NS(=O)(=O)C1CCC2(CC1)CN(C[C@@H]1CCNC1)C2. The number of hydrogen-bond donors (Lipinski definition) is 3. The van der Waals surface area contributed by atoms with E-state index >= 15 is 0 Å². The van der Waals surface area contributed by atoms with E-state index in [1.165, 1.54) is 13.0 Å². The number of carbonyl (C=O) groups is 1. The van der Waals surface area contributed by atoms with Gasteiger partial charge in [-0.15, -0.1) is 12.4 Å². The molecular weight excluding hydrogens is 340 g/mol. The van der Waals surface area contributed by atoms with E-state index in [0.29, 0.717) is 18.3 Å². The Hall–Kier alpha value is -0.570. The highest BCUT2D eigenvalue weighted by Crippen LogP contribution is 2.45. The summed E-state index contributed by atoms with van der Waals surface area (Å²) < 4.78 is 25.9. The molecule has 3 aliphatic rings. The van der Waals surface area contributed by atoms with Crippen LogP contribution in [0.1, 0.15) is 32.1 Å². The molecule has 0 radical (unpaired) electrons. The average molecular weight is 367 g/mol. The summed E-state index contributed by atoms with van der Waals surface area (Å²) in [5.74, 6) is 0.772. The highest BCUT2D eigenvalue weighted by Gasteiger charge is 2.47. The van der Waals surface area contributed by atoms with Crippen molar-refractivity contribution in [3.8, 4) is 0 Å². The quantitative estimate of drug-likeness (QED) is 0.662. The van der Waals surface area contributed by atoms with Gasteiger partial charge in [-0.25, -0.2) is 17.9 Å². The molecule has 0 aromatic heterocycles. The Labute approximate surface area is 144 Å². The average Bonchev–Trinajstić information content (AvgIpc) is 2.89. The summed E-state index contributed by atoms with van der Waals surface area (Å²) >= 11 is 0. The Morgan fingerprint density at radius 2 is 1.91 bits per heavy atom. The molecule has 23 heavy (non-hydrogen) atoms. The normalized spacial score (nSPS) is 28.1. The lowest BCUT2D eigenvalue weighted by Crippen LogP contribution is -2.59. The van der Waals surface area contributed by atoms with Crippen LogP contribution in [-0.2, 0) is 10.0 Å². The molecule has 2 aliphatic heterocycles. The first-order valence-corrected chi connectivity index (χ1v) is 9.67. The van der Waals surface area contributed by atoms with Gasteiger partial charge in [-0.05, 0) is 56.5 Å². The molecule has 0 aromatic carbocycles. The molecule has 2 amide bonds. The Bertz CT molecular complexity index is 520. The zero-order chi connectivity index (χ0) is 15.8. The zero-order valence-corrected chi connectivity index (χ0v) is 14.9. The van der Waals surface area contributed by atoms with Crippen molar-refractivity contribution in [2.24, 2.45) is 17.1 Å². The van der Waals surface area contributed by atoms with Crippen LogP contribution in [0.2, 0.25) is 0 Å². The van der Waals surface area contributed by atoms with Gasteiger partial charge in [0.25, 0.3) is 0 Å². The molecule has 2 saturated heterocycles. The summed E-state index contributed by atoms with van der Waals surface area (Å²) in [5, 5.41) is 2.92. The van der Waals surface area contributed by atoms with E-state index in [4.69, 9.17) is 5.73 Å². The first-order chi connectivity index (χ1) is 10.4. The highest BCUT2D eigenvalue weighted by molar-refractivity contribution is 7.90. The van der Waals surface area contributed by atoms with Crippen molar-refractivity contribution in [2.75, 3.05) is 32.7 Å². The molecule has 1 aliphatic carbocycles. The molecule has 0 aromatic rings. The fourth-order valence-electron chi connectivity index (χ4n) is 4.32. The van der Waals surface area contributed by atoms with Crippen LogP contribution in [0.25, 0.3) is 0 Å². The van der Waals surface area contributed by atoms with E-state index in [1.807, 2.05) is 4.72 Å². The molecule has 1 saturated carbocycles. The molecule has 9 heteroatoms. The summed E-state index contributed by atoms with van der Waals surface area (Å²) in [5.41, 5.74) is 5.24. The van der Waals surface area contributed by atoms with E-state index in [-0.39, 0.29) is 12.4 Å².